The second kappa shape index (κ2) is 9.18. The van der Waals surface area contributed by atoms with E-state index in [0.717, 1.165) is 13.0 Å². The van der Waals surface area contributed by atoms with Crippen LogP contribution in [0, 0.1) is 0 Å². The molecule has 14 heavy (non-hydrogen) atoms. The van der Waals surface area contributed by atoms with Crippen molar-refractivity contribution < 1.29 is 9.47 Å². The van der Waals surface area contributed by atoms with Gasteiger partial charge in [-0.15, -0.1) is 0 Å². The summed E-state index contributed by atoms with van der Waals surface area (Å²) < 4.78 is 9.94. The summed E-state index contributed by atoms with van der Waals surface area (Å²) in [5, 5.41) is 6.87. The Balaban J connectivity index is 3.56. The molecule has 0 heterocycles. The quantitative estimate of drug-likeness (QED) is 0.484. The van der Waals surface area contributed by atoms with Crippen molar-refractivity contribution in [3.63, 3.8) is 0 Å². The number of hydrogen-bond acceptors (Lipinski definition) is 3. The minimum absolute atomic E-state index is 0.280. The lowest BCUT2D eigenvalue weighted by Crippen LogP contribution is -2.44. The average Bonchev–Trinajstić information content (AvgIpc) is 2.17. The molecule has 1 unspecified atom stereocenters. The zero-order valence-corrected chi connectivity index (χ0v) is 9.95. The maximum absolute atomic E-state index is 5.09. The summed E-state index contributed by atoms with van der Waals surface area (Å²) in [7, 11) is 3.35. The van der Waals surface area contributed by atoms with Gasteiger partial charge >= 0.3 is 0 Å². The van der Waals surface area contributed by atoms with Crippen LogP contribution in [0.4, 0.5) is 0 Å². The Morgan fingerprint density at radius 1 is 1.36 bits per heavy atom. The maximum Gasteiger partial charge on any atom is 0.166 e. The van der Waals surface area contributed by atoms with Crippen molar-refractivity contribution in [1.29, 1.82) is 0 Å². The molecule has 0 aromatic heterocycles. The third-order valence-corrected chi connectivity index (χ3v) is 2.05. The van der Waals surface area contributed by atoms with E-state index < -0.39 is 0 Å². The fourth-order valence-corrected chi connectivity index (χ4v) is 1.23. The maximum atomic E-state index is 5.09. The highest BCUT2D eigenvalue weighted by molar-refractivity contribution is 7.80. The van der Waals surface area contributed by atoms with E-state index in [0.29, 0.717) is 18.3 Å². The molecule has 1 atom stereocenters. The lowest BCUT2D eigenvalue weighted by atomic mass is 10.2. The number of thiocarbonyl (C=S) groups is 1. The Labute approximate surface area is 91.3 Å². The molecule has 0 aromatic rings. The average molecular weight is 220 g/mol. The van der Waals surface area contributed by atoms with E-state index in [1.165, 1.54) is 0 Å². The van der Waals surface area contributed by atoms with Crippen molar-refractivity contribution >= 4 is 17.3 Å². The van der Waals surface area contributed by atoms with Crippen molar-refractivity contribution in [1.82, 2.24) is 10.6 Å². The van der Waals surface area contributed by atoms with Crippen molar-refractivity contribution in [2.24, 2.45) is 0 Å². The second-order valence-corrected chi connectivity index (χ2v) is 3.36. The topological polar surface area (TPSA) is 42.5 Å². The minimum atomic E-state index is 0.280. The van der Waals surface area contributed by atoms with Crippen molar-refractivity contribution in [3.8, 4) is 0 Å². The van der Waals surface area contributed by atoms with E-state index in [-0.39, 0.29) is 6.04 Å². The molecule has 0 spiro atoms. The third kappa shape index (κ3) is 7.06. The highest BCUT2D eigenvalue weighted by atomic mass is 32.1. The van der Waals surface area contributed by atoms with Crippen molar-refractivity contribution in [2.45, 2.75) is 19.4 Å². The summed E-state index contributed by atoms with van der Waals surface area (Å²) in [5.41, 5.74) is 0. The highest BCUT2D eigenvalue weighted by Gasteiger charge is 2.06. The van der Waals surface area contributed by atoms with Crippen LogP contribution in [-0.2, 0) is 9.47 Å². The first-order chi connectivity index (χ1) is 6.74. The lowest BCUT2D eigenvalue weighted by molar-refractivity contribution is 0.171. The van der Waals surface area contributed by atoms with Gasteiger partial charge in [-0.25, -0.2) is 0 Å². The monoisotopic (exact) mass is 220 g/mol. The van der Waals surface area contributed by atoms with Gasteiger partial charge in [0.25, 0.3) is 0 Å². The molecule has 0 aromatic carbocycles. The standard InChI is InChI=1S/C9H20N2O2S/c1-4-8(7-13-3)11-9(14)10-5-6-12-2/h8H,4-7H2,1-3H3,(H2,10,11,14). The molecular formula is C9H20N2O2S. The molecule has 0 fully saturated rings. The van der Waals surface area contributed by atoms with E-state index in [1.807, 2.05) is 0 Å². The summed E-state index contributed by atoms with van der Waals surface area (Å²) in [6.45, 7) is 4.14. The second-order valence-electron chi connectivity index (χ2n) is 2.95. The zero-order valence-electron chi connectivity index (χ0n) is 9.13. The normalized spacial score (nSPS) is 12.2. The van der Waals surface area contributed by atoms with Crippen LogP contribution in [-0.4, -0.2) is 45.1 Å². The van der Waals surface area contributed by atoms with Gasteiger partial charge in [-0.1, -0.05) is 6.92 Å². The van der Waals surface area contributed by atoms with Gasteiger partial charge in [-0.2, -0.15) is 0 Å². The Morgan fingerprint density at radius 3 is 2.57 bits per heavy atom. The molecule has 84 valence electrons. The number of methoxy groups -OCH3 is 2. The fraction of sp³-hybridized carbons (Fsp3) is 0.889. The molecule has 0 aliphatic heterocycles. The lowest BCUT2D eigenvalue weighted by Gasteiger charge is -2.18. The third-order valence-electron chi connectivity index (χ3n) is 1.79. The largest absolute Gasteiger partial charge is 0.383 e. The molecule has 0 bridgehead atoms. The number of nitrogens with one attached hydrogen (secondary N) is 2. The van der Waals surface area contributed by atoms with E-state index in [9.17, 15) is 0 Å². The molecule has 5 heteroatoms. The van der Waals surface area contributed by atoms with Gasteiger partial charge in [0.1, 0.15) is 0 Å². The van der Waals surface area contributed by atoms with Crippen LogP contribution in [0.5, 0.6) is 0 Å². The smallest absolute Gasteiger partial charge is 0.166 e. The molecule has 0 aliphatic carbocycles. The molecule has 0 saturated carbocycles. The van der Waals surface area contributed by atoms with Crippen LogP contribution >= 0.6 is 12.2 Å². The van der Waals surface area contributed by atoms with E-state index >= 15 is 0 Å². The summed E-state index contributed by atoms with van der Waals surface area (Å²) in [6, 6.07) is 0.280. The summed E-state index contributed by atoms with van der Waals surface area (Å²) in [5.74, 6) is 0. The van der Waals surface area contributed by atoms with Crippen molar-refractivity contribution in [3.05, 3.63) is 0 Å². The number of hydrogen-bond donors (Lipinski definition) is 2. The Bertz CT molecular complexity index is 156. The van der Waals surface area contributed by atoms with Crippen LogP contribution in [0.15, 0.2) is 0 Å². The van der Waals surface area contributed by atoms with E-state index in [1.54, 1.807) is 14.2 Å². The molecule has 0 saturated heterocycles. The fourth-order valence-electron chi connectivity index (χ4n) is 0.966. The van der Waals surface area contributed by atoms with Crippen LogP contribution in [0.1, 0.15) is 13.3 Å². The van der Waals surface area contributed by atoms with Crippen LogP contribution < -0.4 is 10.6 Å². The highest BCUT2D eigenvalue weighted by Crippen LogP contribution is 1.90. The van der Waals surface area contributed by atoms with Crippen LogP contribution in [0.3, 0.4) is 0 Å². The van der Waals surface area contributed by atoms with Gasteiger partial charge in [0.05, 0.1) is 19.3 Å². The first kappa shape index (κ1) is 13.6. The first-order valence-electron chi connectivity index (χ1n) is 4.76. The van der Waals surface area contributed by atoms with Gasteiger partial charge in [0, 0.05) is 20.8 Å². The predicted octanol–water partition coefficient (Wildman–Crippen LogP) is 0.522. The first-order valence-corrected chi connectivity index (χ1v) is 5.17. The van der Waals surface area contributed by atoms with E-state index in [4.69, 9.17) is 21.7 Å². The summed E-state index contributed by atoms with van der Waals surface area (Å²) in [4.78, 5) is 0. The van der Waals surface area contributed by atoms with Gasteiger partial charge < -0.3 is 20.1 Å². The van der Waals surface area contributed by atoms with Gasteiger partial charge in [0.2, 0.25) is 0 Å². The summed E-state index contributed by atoms with van der Waals surface area (Å²) in [6.07, 6.45) is 0.986. The summed E-state index contributed by atoms with van der Waals surface area (Å²) >= 11 is 5.09. The van der Waals surface area contributed by atoms with Gasteiger partial charge in [0.15, 0.2) is 5.11 Å². The minimum Gasteiger partial charge on any atom is -0.383 e. The van der Waals surface area contributed by atoms with Gasteiger partial charge in [-0.05, 0) is 18.6 Å². The van der Waals surface area contributed by atoms with Crippen molar-refractivity contribution in [2.75, 3.05) is 34.0 Å². The molecule has 0 rings (SSSR count). The molecular weight excluding hydrogens is 200 g/mol. The Morgan fingerprint density at radius 2 is 2.07 bits per heavy atom. The number of ether oxygens (including phenoxy) is 2. The predicted molar refractivity (Wildman–Crippen MR) is 61.6 cm³/mol. The van der Waals surface area contributed by atoms with Gasteiger partial charge in [-0.3, -0.25) is 0 Å². The molecule has 0 aliphatic rings. The number of rotatable bonds is 7. The molecule has 0 radical (unpaired) electrons. The van der Waals surface area contributed by atoms with Crippen LogP contribution in [0.25, 0.3) is 0 Å². The molecule has 0 amide bonds. The Kier molecular flexibility index (Phi) is 8.92. The molecule has 4 nitrogen and oxygen atoms in total. The Hall–Kier alpha value is -0.390. The zero-order chi connectivity index (χ0) is 10.8. The van der Waals surface area contributed by atoms with Crippen LogP contribution in [0.2, 0.25) is 0 Å². The SMILES string of the molecule is CCC(COC)NC(=S)NCCOC. The van der Waals surface area contributed by atoms with E-state index in [2.05, 4.69) is 17.6 Å². The molecule has 2 N–H and O–H groups in total.